The maximum atomic E-state index is 14.9. The minimum absolute atomic E-state index is 0.0896. The molecule has 10 nitrogen and oxygen atoms in total. The highest BCUT2D eigenvalue weighted by atomic mass is 35.5. The van der Waals surface area contributed by atoms with E-state index < -0.39 is 65.4 Å². The van der Waals surface area contributed by atoms with E-state index in [2.05, 4.69) is 5.32 Å². The second kappa shape index (κ2) is 13.0. The molecule has 0 radical (unpaired) electrons. The number of cyclic esters (lactones) is 1. The Bertz CT molecular complexity index is 1540. The second-order valence-corrected chi connectivity index (χ2v) is 13.0. The number of amides is 3. The molecule has 2 aromatic rings. The largest absolute Gasteiger partial charge is 0.463 e. The van der Waals surface area contributed by atoms with Crippen molar-refractivity contribution in [3.8, 4) is 0 Å². The molecule has 2 saturated heterocycles. The minimum atomic E-state index is -1.43. The summed E-state index contributed by atoms with van der Waals surface area (Å²) in [5.74, 6) is -3.88. The Kier molecular flexibility index (Phi) is 9.05. The van der Waals surface area contributed by atoms with Crippen molar-refractivity contribution in [1.82, 2.24) is 10.2 Å². The van der Waals surface area contributed by atoms with Gasteiger partial charge in [0.15, 0.2) is 0 Å². The van der Waals surface area contributed by atoms with E-state index >= 15 is 0 Å². The highest BCUT2D eigenvalue weighted by Gasteiger charge is 2.74. The standard InChI is InChI=1S/C35H38ClN3O7/c1-21(2)26(19-40)39-31-34(44)38(24-14-12-23(36)13-15-24)18-8-4-7-11-28(41)45-20-25(22-9-5-3-6-10-22)37-32(42)29-27-16-17-35(31,46-27)30(29)33(39)43/h3-6,8-10,12-17,21,25-27,29-31,40H,7,11,18-20H2,1-2H3,(H,37,42)/b8-4-/t25-,26-,27-,29+,30+,31-,35+/m0/s1. The molecule has 5 bridgehead atoms. The molecule has 4 aliphatic heterocycles. The summed E-state index contributed by atoms with van der Waals surface area (Å²) in [7, 11) is 0. The minimum Gasteiger partial charge on any atom is -0.463 e. The van der Waals surface area contributed by atoms with E-state index in [0.29, 0.717) is 17.1 Å². The first-order valence-electron chi connectivity index (χ1n) is 15.7. The van der Waals surface area contributed by atoms with E-state index in [1.165, 1.54) is 4.90 Å². The average molecular weight is 648 g/mol. The van der Waals surface area contributed by atoms with Crippen LogP contribution in [0.15, 0.2) is 78.9 Å². The molecule has 2 aromatic carbocycles. The van der Waals surface area contributed by atoms with Gasteiger partial charge in [-0.05, 0) is 42.2 Å². The highest BCUT2D eigenvalue weighted by molar-refractivity contribution is 6.30. The Hall–Kier alpha value is -3.99. The van der Waals surface area contributed by atoms with Crippen molar-refractivity contribution < 1.29 is 33.8 Å². The molecule has 3 amide bonds. The van der Waals surface area contributed by atoms with Gasteiger partial charge in [0, 0.05) is 23.7 Å². The lowest BCUT2D eigenvalue weighted by atomic mass is 9.74. The molecular weight excluding hydrogens is 610 g/mol. The first kappa shape index (κ1) is 32.0. The van der Waals surface area contributed by atoms with Crippen LogP contribution in [0, 0.1) is 17.8 Å². The number of rotatable bonds is 5. The number of halogens is 1. The first-order chi connectivity index (χ1) is 22.2. The van der Waals surface area contributed by atoms with Gasteiger partial charge in [-0.1, -0.05) is 80.1 Å². The number of benzene rings is 2. The summed E-state index contributed by atoms with van der Waals surface area (Å²) in [4.78, 5) is 59.3. The lowest BCUT2D eigenvalue weighted by Crippen LogP contribution is -2.59. The number of fused-ring (bicyclic) bond motifs is 2. The van der Waals surface area contributed by atoms with Gasteiger partial charge in [0.1, 0.15) is 18.2 Å². The van der Waals surface area contributed by atoms with E-state index in [1.807, 2.05) is 50.3 Å². The van der Waals surface area contributed by atoms with Gasteiger partial charge >= 0.3 is 5.97 Å². The lowest BCUT2D eigenvalue weighted by Gasteiger charge is -2.40. The van der Waals surface area contributed by atoms with Gasteiger partial charge in [-0.25, -0.2) is 0 Å². The molecule has 0 aromatic heterocycles. The summed E-state index contributed by atoms with van der Waals surface area (Å²) in [5, 5.41) is 14.1. The number of carbonyl (C=O) groups is 4. The lowest BCUT2D eigenvalue weighted by molar-refractivity contribution is -0.147. The van der Waals surface area contributed by atoms with Crippen molar-refractivity contribution in [2.45, 2.75) is 56.5 Å². The van der Waals surface area contributed by atoms with Crippen molar-refractivity contribution >= 4 is 41.0 Å². The number of allylic oxidation sites excluding steroid dienone is 1. The molecule has 1 spiro atoms. The van der Waals surface area contributed by atoms with E-state index in [0.717, 1.165) is 5.56 Å². The number of nitrogens with zero attached hydrogens (tertiary/aromatic N) is 2. The molecule has 242 valence electrons. The predicted molar refractivity (Wildman–Crippen MR) is 171 cm³/mol. The monoisotopic (exact) mass is 647 g/mol. The molecule has 4 aliphatic rings. The Labute approximate surface area is 273 Å². The Morgan fingerprint density at radius 1 is 1.02 bits per heavy atom. The fourth-order valence-electron chi connectivity index (χ4n) is 7.18. The first-order valence-corrected chi connectivity index (χ1v) is 16.1. The van der Waals surface area contributed by atoms with Crippen LogP contribution in [0.25, 0.3) is 0 Å². The van der Waals surface area contributed by atoms with Crippen LogP contribution in [0.4, 0.5) is 5.69 Å². The van der Waals surface area contributed by atoms with Crippen molar-refractivity contribution in [2.75, 3.05) is 24.7 Å². The number of aliphatic hydroxyl groups is 1. The zero-order chi connectivity index (χ0) is 32.6. The van der Waals surface area contributed by atoms with Crippen LogP contribution >= 0.6 is 11.6 Å². The summed E-state index contributed by atoms with van der Waals surface area (Å²) in [6.45, 7) is 3.43. The molecule has 0 unspecified atom stereocenters. The topological polar surface area (TPSA) is 125 Å². The Balaban J connectivity index is 1.46. The molecule has 4 heterocycles. The molecule has 2 N–H and O–H groups in total. The zero-order valence-corrected chi connectivity index (χ0v) is 26.5. The molecular formula is C35H38ClN3O7. The van der Waals surface area contributed by atoms with E-state index in [-0.39, 0.29) is 32.1 Å². The van der Waals surface area contributed by atoms with Gasteiger partial charge in [-0.15, -0.1) is 0 Å². The van der Waals surface area contributed by atoms with Gasteiger partial charge < -0.3 is 29.7 Å². The molecule has 2 fully saturated rings. The van der Waals surface area contributed by atoms with Crippen LogP contribution in [0.3, 0.4) is 0 Å². The number of ether oxygens (including phenoxy) is 2. The smallest absolute Gasteiger partial charge is 0.306 e. The fraction of sp³-hybridized carbons (Fsp3) is 0.429. The third-order valence-electron chi connectivity index (χ3n) is 9.47. The van der Waals surface area contributed by atoms with Gasteiger partial charge in [-0.3, -0.25) is 19.2 Å². The molecule has 6 rings (SSSR count). The van der Waals surface area contributed by atoms with Crippen molar-refractivity contribution in [2.24, 2.45) is 17.8 Å². The maximum Gasteiger partial charge on any atom is 0.306 e. The Morgan fingerprint density at radius 3 is 2.46 bits per heavy atom. The van der Waals surface area contributed by atoms with E-state index in [4.69, 9.17) is 21.1 Å². The highest BCUT2D eigenvalue weighted by Crippen LogP contribution is 2.56. The molecule has 0 aliphatic carbocycles. The summed E-state index contributed by atoms with van der Waals surface area (Å²) in [5.41, 5.74) is -0.146. The van der Waals surface area contributed by atoms with Gasteiger partial charge in [-0.2, -0.15) is 0 Å². The number of anilines is 1. The van der Waals surface area contributed by atoms with Crippen LogP contribution in [0.1, 0.15) is 38.3 Å². The predicted octanol–water partition coefficient (Wildman–Crippen LogP) is 3.59. The third kappa shape index (κ3) is 5.63. The number of likely N-dealkylation sites (tertiary alicyclic amines) is 1. The van der Waals surface area contributed by atoms with E-state index in [1.54, 1.807) is 47.4 Å². The van der Waals surface area contributed by atoms with Crippen molar-refractivity contribution in [3.63, 3.8) is 0 Å². The van der Waals surface area contributed by atoms with E-state index in [9.17, 15) is 24.3 Å². The van der Waals surface area contributed by atoms with Gasteiger partial charge in [0.2, 0.25) is 11.8 Å². The van der Waals surface area contributed by atoms with Crippen LogP contribution in [-0.2, 0) is 28.7 Å². The van der Waals surface area contributed by atoms with Gasteiger partial charge in [0.05, 0.1) is 36.6 Å². The summed E-state index contributed by atoms with van der Waals surface area (Å²) in [6.07, 6.45) is 6.85. The maximum absolute atomic E-state index is 14.9. The SMILES string of the molecule is CC(C)[C@H](CO)N1C(=O)[C@H]2[C@@H]3C(=O)N[C@H](c4ccccc4)COC(=O)CC/C=C\CN(c4ccc(Cl)cc4)C(=O)[C@H]1[C@@]21C=C[C@@H]3O1. The van der Waals surface area contributed by atoms with Crippen molar-refractivity contribution in [3.05, 3.63) is 89.5 Å². The zero-order valence-electron chi connectivity index (χ0n) is 25.8. The molecule has 7 atom stereocenters. The van der Waals surface area contributed by atoms with Crippen LogP contribution in [-0.4, -0.2) is 77.2 Å². The number of carbonyl (C=O) groups excluding carboxylic acids is 4. The number of hydrogen-bond donors (Lipinski definition) is 2. The number of nitrogens with one attached hydrogen (secondary N) is 1. The van der Waals surface area contributed by atoms with Crippen LogP contribution < -0.4 is 10.2 Å². The number of hydrogen-bond acceptors (Lipinski definition) is 7. The molecule has 11 heteroatoms. The summed E-state index contributed by atoms with van der Waals surface area (Å²) < 4.78 is 12.1. The fourth-order valence-corrected chi connectivity index (χ4v) is 7.30. The van der Waals surface area contributed by atoms with Crippen LogP contribution in [0.2, 0.25) is 5.02 Å². The van der Waals surface area contributed by atoms with Crippen molar-refractivity contribution in [1.29, 1.82) is 0 Å². The summed E-state index contributed by atoms with van der Waals surface area (Å²) in [6, 6.07) is 13.4. The van der Waals surface area contributed by atoms with Gasteiger partial charge in [0.25, 0.3) is 5.91 Å². The normalized spacial score (nSPS) is 31.2. The quantitative estimate of drug-likeness (QED) is 0.375. The third-order valence-corrected chi connectivity index (χ3v) is 9.72. The number of aliphatic hydroxyl groups excluding tert-OH is 1. The average Bonchev–Trinajstić information content (AvgIpc) is 3.69. The Morgan fingerprint density at radius 2 is 1.76 bits per heavy atom. The van der Waals surface area contributed by atoms with Crippen LogP contribution in [0.5, 0.6) is 0 Å². The molecule has 0 saturated carbocycles. The second-order valence-electron chi connectivity index (χ2n) is 12.5. The number of esters is 1. The molecule has 46 heavy (non-hydrogen) atoms. The summed E-state index contributed by atoms with van der Waals surface area (Å²) >= 11 is 6.18.